The molecule has 0 saturated heterocycles. The lowest BCUT2D eigenvalue weighted by Gasteiger charge is -2.22. The molecule has 1 fully saturated rings. The van der Waals surface area contributed by atoms with Crippen molar-refractivity contribution < 1.29 is 4.79 Å². The summed E-state index contributed by atoms with van der Waals surface area (Å²) in [6.07, 6.45) is 2.47. The van der Waals surface area contributed by atoms with Gasteiger partial charge in [0.05, 0.1) is 11.1 Å². The number of carbonyl (C=O) groups is 1. The minimum Gasteiger partial charge on any atom is -0.339 e. The molecule has 0 aliphatic heterocycles. The van der Waals surface area contributed by atoms with E-state index in [1.165, 1.54) is 12.8 Å². The summed E-state index contributed by atoms with van der Waals surface area (Å²) in [5.41, 5.74) is 3.98. The fraction of sp³-hybridized carbons (Fsp3) is 0.375. The average molecular weight is 284 g/mol. The summed E-state index contributed by atoms with van der Waals surface area (Å²) in [4.78, 5) is 19.2. The van der Waals surface area contributed by atoms with E-state index in [9.17, 15) is 4.79 Å². The lowest BCUT2D eigenvalue weighted by atomic mass is 10.1. The normalized spacial score (nSPS) is 14.2. The third kappa shape index (κ3) is 2.83. The molecular weight excluding hydrogens is 264 g/mol. The molecule has 1 aliphatic rings. The van der Waals surface area contributed by atoms with E-state index in [0.717, 1.165) is 24.0 Å². The van der Waals surface area contributed by atoms with Gasteiger partial charge in [0.15, 0.2) is 0 Å². The number of hydrogen-bond donors (Lipinski definition) is 2. The first-order chi connectivity index (χ1) is 10.2. The van der Waals surface area contributed by atoms with Gasteiger partial charge in [-0.2, -0.15) is 0 Å². The highest BCUT2D eigenvalue weighted by Gasteiger charge is 2.27. The first-order valence-corrected chi connectivity index (χ1v) is 7.38. The molecule has 0 spiro atoms. The molecule has 1 heterocycles. The van der Waals surface area contributed by atoms with Gasteiger partial charge in [-0.05, 0) is 37.8 Å². The van der Waals surface area contributed by atoms with Crippen LogP contribution in [0.1, 0.15) is 30.1 Å². The van der Waals surface area contributed by atoms with E-state index in [4.69, 9.17) is 5.84 Å². The predicted molar refractivity (Wildman–Crippen MR) is 83.9 cm³/mol. The second-order valence-corrected chi connectivity index (χ2v) is 5.50. The van der Waals surface area contributed by atoms with Crippen LogP contribution in [-0.4, -0.2) is 28.9 Å². The third-order valence-corrected chi connectivity index (χ3v) is 3.94. The van der Waals surface area contributed by atoms with Crippen molar-refractivity contribution in [3.8, 4) is 0 Å². The number of carbonyl (C=O) groups excluding carboxylic acids is 1. The second-order valence-electron chi connectivity index (χ2n) is 5.50. The highest BCUT2D eigenvalue weighted by Crippen LogP contribution is 2.30. The lowest BCUT2D eigenvalue weighted by Crippen LogP contribution is -2.33. The van der Waals surface area contributed by atoms with E-state index in [1.54, 1.807) is 6.07 Å². The molecule has 0 atom stereocenters. The Bertz CT molecular complexity index is 666. The Morgan fingerprint density at radius 3 is 2.86 bits per heavy atom. The highest BCUT2D eigenvalue weighted by molar-refractivity contribution is 6.07. The van der Waals surface area contributed by atoms with E-state index in [0.29, 0.717) is 17.3 Å². The van der Waals surface area contributed by atoms with Crippen LogP contribution in [0.4, 0.5) is 5.82 Å². The number of rotatable bonds is 5. The number of nitrogens with zero attached hydrogens (tertiary/aromatic N) is 2. The maximum Gasteiger partial charge on any atom is 0.254 e. The van der Waals surface area contributed by atoms with Crippen LogP contribution in [-0.2, 0) is 0 Å². The standard InChI is InChI=1S/C16H20N4O/c1-2-20(10-11-7-8-11)16(21)13-9-15(19-17)18-14-6-4-3-5-12(13)14/h3-6,9,11H,2,7-8,10,17H2,1H3,(H,18,19). The number of benzene rings is 1. The summed E-state index contributed by atoms with van der Waals surface area (Å²) >= 11 is 0. The number of fused-ring (bicyclic) bond motifs is 1. The Balaban J connectivity index is 2.02. The fourth-order valence-corrected chi connectivity index (χ4v) is 2.56. The lowest BCUT2D eigenvalue weighted by molar-refractivity contribution is 0.0759. The molecule has 1 saturated carbocycles. The number of aromatic nitrogens is 1. The molecule has 0 radical (unpaired) electrons. The molecule has 0 bridgehead atoms. The minimum absolute atomic E-state index is 0.0551. The summed E-state index contributed by atoms with van der Waals surface area (Å²) in [6, 6.07) is 9.39. The molecule has 5 heteroatoms. The van der Waals surface area contributed by atoms with Crippen molar-refractivity contribution in [1.82, 2.24) is 9.88 Å². The number of hydrogen-bond acceptors (Lipinski definition) is 4. The number of nitrogens with one attached hydrogen (secondary N) is 1. The number of hydrazine groups is 1. The van der Waals surface area contributed by atoms with Crippen molar-refractivity contribution in [3.05, 3.63) is 35.9 Å². The van der Waals surface area contributed by atoms with Gasteiger partial charge in [0.25, 0.3) is 5.91 Å². The monoisotopic (exact) mass is 284 g/mol. The summed E-state index contributed by atoms with van der Waals surface area (Å²) in [6.45, 7) is 3.58. The van der Waals surface area contributed by atoms with E-state index >= 15 is 0 Å². The first-order valence-electron chi connectivity index (χ1n) is 7.38. The van der Waals surface area contributed by atoms with Gasteiger partial charge < -0.3 is 10.3 Å². The van der Waals surface area contributed by atoms with Crippen LogP contribution in [0.3, 0.4) is 0 Å². The molecule has 21 heavy (non-hydrogen) atoms. The molecule has 1 aromatic carbocycles. The number of nitrogen functional groups attached to an aromatic ring is 1. The molecular formula is C16H20N4O. The maximum absolute atomic E-state index is 12.9. The number of anilines is 1. The largest absolute Gasteiger partial charge is 0.339 e. The fourth-order valence-electron chi connectivity index (χ4n) is 2.56. The van der Waals surface area contributed by atoms with Crippen molar-refractivity contribution in [3.63, 3.8) is 0 Å². The van der Waals surface area contributed by atoms with Crippen molar-refractivity contribution >= 4 is 22.6 Å². The van der Waals surface area contributed by atoms with Crippen LogP contribution in [0.15, 0.2) is 30.3 Å². The van der Waals surface area contributed by atoms with Gasteiger partial charge in [0.1, 0.15) is 5.82 Å². The van der Waals surface area contributed by atoms with Crippen LogP contribution in [0, 0.1) is 5.92 Å². The molecule has 5 nitrogen and oxygen atoms in total. The second kappa shape index (κ2) is 5.69. The van der Waals surface area contributed by atoms with Crippen molar-refractivity contribution in [2.75, 3.05) is 18.5 Å². The quantitative estimate of drug-likeness (QED) is 0.653. The summed E-state index contributed by atoms with van der Waals surface area (Å²) in [5, 5.41) is 0.871. The number of pyridine rings is 1. The van der Waals surface area contributed by atoms with Gasteiger partial charge in [0, 0.05) is 18.5 Å². The van der Waals surface area contributed by atoms with Crippen LogP contribution in [0.25, 0.3) is 10.9 Å². The Morgan fingerprint density at radius 1 is 1.43 bits per heavy atom. The first kappa shape index (κ1) is 13.8. The molecule has 110 valence electrons. The van der Waals surface area contributed by atoms with Gasteiger partial charge in [-0.15, -0.1) is 0 Å². The van der Waals surface area contributed by atoms with Crippen LogP contribution < -0.4 is 11.3 Å². The Morgan fingerprint density at radius 2 is 2.19 bits per heavy atom. The SMILES string of the molecule is CCN(CC1CC1)C(=O)c1cc(NN)nc2ccccc12. The van der Waals surface area contributed by atoms with E-state index < -0.39 is 0 Å². The zero-order valence-corrected chi connectivity index (χ0v) is 12.2. The highest BCUT2D eigenvalue weighted by atomic mass is 16.2. The van der Waals surface area contributed by atoms with Crippen LogP contribution in [0.2, 0.25) is 0 Å². The molecule has 1 aliphatic carbocycles. The predicted octanol–water partition coefficient (Wildman–Crippen LogP) is 2.39. The van der Waals surface area contributed by atoms with Gasteiger partial charge in [-0.25, -0.2) is 10.8 Å². The van der Waals surface area contributed by atoms with Crippen molar-refractivity contribution in [1.29, 1.82) is 0 Å². The Labute approximate surface area is 124 Å². The minimum atomic E-state index is 0.0551. The van der Waals surface area contributed by atoms with Crippen molar-refractivity contribution in [2.45, 2.75) is 19.8 Å². The summed E-state index contributed by atoms with van der Waals surface area (Å²) in [7, 11) is 0. The number of nitrogens with two attached hydrogens (primary N) is 1. The van der Waals surface area contributed by atoms with Gasteiger partial charge >= 0.3 is 0 Å². The van der Waals surface area contributed by atoms with Crippen molar-refractivity contribution in [2.24, 2.45) is 11.8 Å². The molecule has 1 amide bonds. The van der Waals surface area contributed by atoms with Crippen LogP contribution >= 0.6 is 0 Å². The Kier molecular flexibility index (Phi) is 3.75. The number of amides is 1. The molecule has 1 aromatic heterocycles. The third-order valence-electron chi connectivity index (χ3n) is 3.94. The van der Waals surface area contributed by atoms with E-state index in [1.807, 2.05) is 36.1 Å². The van der Waals surface area contributed by atoms with E-state index in [-0.39, 0.29) is 5.91 Å². The van der Waals surface area contributed by atoms with Gasteiger partial charge in [0.2, 0.25) is 0 Å². The zero-order valence-electron chi connectivity index (χ0n) is 12.2. The molecule has 3 N–H and O–H groups in total. The summed E-state index contributed by atoms with van der Waals surface area (Å²) < 4.78 is 0. The topological polar surface area (TPSA) is 71.2 Å². The smallest absolute Gasteiger partial charge is 0.254 e. The van der Waals surface area contributed by atoms with Gasteiger partial charge in [-0.3, -0.25) is 4.79 Å². The average Bonchev–Trinajstić information content (AvgIpc) is 3.34. The zero-order chi connectivity index (χ0) is 14.8. The molecule has 0 unspecified atom stereocenters. The van der Waals surface area contributed by atoms with E-state index in [2.05, 4.69) is 10.4 Å². The van der Waals surface area contributed by atoms with Crippen LogP contribution in [0.5, 0.6) is 0 Å². The van der Waals surface area contributed by atoms with Gasteiger partial charge in [-0.1, -0.05) is 18.2 Å². The molecule has 3 rings (SSSR count). The Hall–Kier alpha value is -2.14. The number of para-hydroxylation sites is 1. The maximum atomic E-state index is 12.9. The molecule has 2 aromatic rings. The summed E-state index contributed by atoms with van der Waals surface area (Å²) in [5.74, 6) is 6.72.